The zero-order chi connectivity index (χ0) is 12.9. The fourth-order valence-corrected chi connectivity index (χ4v) is 1.75. The average Bonchev–Trinajstić information content (AvgIpc) is 2.27. The molecule has 0 saturated carbocycles. The van der Waals surface area contributed by atoms with E-state index < -0.39 is 0 Å². The molecule has 0 aromatic heterocycles. The number of aliphatic imine (C=N–C) groups is 1. The van der Waals surface area contributed by atoms with Gasteiger partial charge in [-0.2, -0.15) is 0 Å². The Bertz CT molecular complexity index is 366. The van der Waals surface area contributed by atoms with Crippen LogP contribution in [0.4, 0.5) is 0 Å². The van der Waals surface area contributed by atoms with Crippen LogP contribution in [0.5, 0.6) is 0 Å². The van der Waals surface area contributed by atoms with E-state index in [2.05, 4.69) is 43.2 Å². The molecule has 0 fully saturated rings. The maximum atomic E-state index is 5.34. The monoisotopic (exact) mass is 234 g/mol. The van der Waals surface area contributed by atoms with E-state index in [1.165, 1.54) is 5.56 Å². The number of nitrogens with zero attached hydrogens (tertiary/aromatic N) is 1. The number of hydrogen-bond acceptors (Lipinski definition) is 2. The molecule has 4 heteroatoms. The van der Waals surface area contributed by atoms with Gasteiger partial charge >= 0.3 is 0 Å². The number of guanidine groups is 1. The topological polar surface area (TPSA) is 76.4 Å². The molecule has 5 N–H and O–H groups in total. The molecule has 94 valence electrons. The van der Waals surface area contributed by atoms with Crippen LogP contribution in [0.3, 0.4) is 0 Å². The van der Waals surface area contributed by atoms with Crippen LogP contribution in [-0.2, 0) is 0 Å². The van der Waals surface area contributed by atoms with Gasteiger partial charge in [0.15, 0.2) is 5.96 Å². The number of hydrogen-bond donors (Lipinski definition) is 3. The van der Waals surface area contributed by atoms with Crippen LogP contribution in [-0.4, -0.2) is 18.0 Å². The second kappa shape index (κ2) is 5.68. The molecule has 1 rings (SSSR count). The Kier molecular flexibility index (Phi) is 4.52. The molecule has 0 bridgehead atoms. The van der Waals surface area contributed by atoms with E-state index in [0.717, 1.165) is 0 Å². The maximum Gasteiger partial charge on any atom is 0.185 e. The van der Waals surface area contributed by atoms with Crippen LogP contribution < -0.4 is 16.8 Å². The lowest BCUT2D eigenvalue weighted by atomic mass is 10.0. The Hall–Kier alpha value is -1.55. The second-order valence-electron chi connectivity index (χ2n) is 4.90. The van der Waals surface area contributed by atoms with Gasteiger partial charge in [0.2, 0.25) is 0 Å². The zero-order valence-electron chi connectivity index (χ0n) is 10.8. The lowest BCUT2D eigenvalue weighted by Gasteiger charge is -2.29. The quantitative estimate of drug-likeness (QED) is 0.532. The summed E-state index contributed by atoms with van der Waals surface area (Å²) in [5.41, 5.74) is 11.8. The molecule has 0 aliphatic rings. The summed E-state index contributed by atoms with van der Waals surface area (Å²) in [6.45, 7) is 6.86. The van der Waals surface area contributed by atoms with Gasteiger partial charge in [0, 0.05) is 11.6 Å². The summed E-state index contributed by atoms with van der Waals surface area (Å²) < 4.78 is 0. The maximum absolute atomic E-state index is 5.34. The van der Waals surface area contributed by atoms with E-state index in [9.17, 15) is 0 Å². The van der Waals surface area contributed by atoms with Crippen molar-refractivity contribution in [3.05, 3.63) is 35.9 Å². The van der Waals surface area contributed by atoms with Crippen LogP contribution in [0.15, 0.2) is 35.3 Å². The van der Waals surface area contributed by atoms with E-state index in [1.54, 1.807) is 0 Å². The van der Waals surface area contributed by atoms with E-state index >= 15 is 0 Å². The van der Waals surface area contributed by atoms with Crippen molar-refractivity contribution in [2.24, 2.45) is 16.5 Å². The molecule has 4 nitrogen and oxygen atoms in total. The lowest BCUT2D eigenvalue weighted by molar-refractivity contribution is 0.357. The molecule has 0 heterocycles. The average molecular weight is 234 g/mol. The normalized spacial score (nSPS) is 13.1. The molecule has 1 aromatic carbocycles. The minimum absolute atomic E-state index is 0.132. The van der Waals surface area contributed by atoms with Gasteiger partial charge < -0.3 is 16.8 Å². The van der Waals surface area contributed by atoms with Crippen LogP contribution >= 0.6 is 0 Å². The van der Waals surface area contributed by atoms with Crippen molar-refractivity contribution in [1.29, 1.82) is 0 Å². The third-order valence-electron chi connectivity index (χ3n) is 2.56. The molecule has 1 aromatic rings. The summed E-state index contributed by atoms with van der Waals surface area (Å²) >= 11 is 0. The predicted octanol–water partition coefficient (Wildman–Crippen LogP) is 1.39. The predicted molar refractivity (Wildman–Crippen MR) is 72.7 cm³/mol. The standard InChI is InChI=1S/C13H22N4/c1-10(11-7-5-4-6-8-11)17-13(2,3)9-16-12(14)15/h4-8,10,17H,9H2,1-3H3,(H4,14,15,16). The summed E-state index contributed by atoms with van der Waals surface area (Å²) in [5, 5.41) is 3.51. The Morgan fingerprint density at radius 1 is 1.29 bits per heavy atom. The molecule has 0 saturated heterocycles. The van der Waals surface area contributed by atoms with Crippen LogP contribution in [0.1, 0.15) is 32.4 Å². The number of nitrogens with two attached hydrogens (primary N) is 2. The first-order valence-electron chi connectivity index (χ1n) is 5.79. The van der Waals surface area contributed by atoms with Gasteiger partial charge in [0.25, 0.3) is 0 Å². The van der Waals surface area contributed by atoms with Gasteiger partial charge in [-0.1, -0.05) is 30.3 Å². The Balaban J connectivity index is 2.61. The second-order valence-corrected chi connectivity index (χ2v) is 4.90. The fourth-order valence-electron chi connectivity index (χ4n) is 1.75. The summed E-state index contributed by atoms with van der Waals surface area (Å²) in [6.07, 6.45) is 0. The largest absolute Gasteiger partial charge is 0.370 e. The van der Waals surface area contributed by atoms with E-state index in [1.807, 2.05) is 18.2 Å². The molecule has 0 radical (unpaired) electrons. The van der Waals surface area contributed by atoms with E-state index in [-0.39, 0.29) is 17.5 Å². The van der Waals surface area contributed by atoms with Crippen LogP contribution in [0, 0.1) is 0 Å². The highest BCUT2D eigenvalue weighted by molar-refractivity contribution is 5.75. The Labute approximate surface area is 103 Å². The minimum Gasteiger partial charge on any atom is -0.370 e. The molecule has 17 heavy (non-hydrogen) atoms. The van der Waals surface area contributed by atoms with E-state index in [0.29, 0.717) is 6.54 Å². The Morgan fingerprint density at radius 3 is 2.41 bits per heavy atom. The third kappa shape index (κ3) is 4.87. The molecular formula is C13H22N4. The zero-order valence-corrected chi connectivity index (χ0v) is 10.8. The summed E-state index contributed by atoms with van der Waals surface area (Å²) in [7, 11) is 0. The van der Waals surface area contributed by atoms with Gasteiger partial charge in [-0.15, -0.1) is 0 Å². The van der Waals surface area contributed by atoms with Crippen molar-refractivity contribution >= 4 is 5.96 Å². The van der Waals surface area contributed by atoms with Crippen molar-refractivity contribution in [3.8, 4) is 0 Å². The summed E-state index contributed by atoms with van der Waals surface area (Å²) in [5.74, 6) is 0.132. The van der Waals surface area contributed by atoms with Crippen molar-refractivity contribution in [3.63, 3.8) is 0 Å². The van der Waals surface area contributed by atoms with Gasteiger partial charge in [0.05, 0.1) is 6.54 Å². The minimum atomic E-state index is -0.140. The first-order chi connectivity index (χ1) is 7.91. The molecule has 1 unspecified atom stereocenters. The van der Waals surface area contributed by atoms with Crippen molar-refractivity contribution in [2.75, 3.05) is 6.54 Å². The fraction of sp³-hybridized carbons (Fsp3) is 0.462. The molecule has 0 aliphatic heterocycles. The third-order valence-corrected chi connectivity index (χ3v) is 2.56. The molecular weight excluding hydrogens is 212 g/mol. The van der Waals surface area contributed by atoms with Crippen molar-refractivity contribution < 1.29 is 0 Å². The Morgan fingerprint density at radius 2 is 1.88 bits per heavy atom. The summed E-state index contributed by atoms with van der Waals surface area (Å²) in [4.78, 5) is 4.05. The number of rotatable bonds is 5. The molecule has 1 atom stereocenters. The van der Waals surface area contributed by atoms with Crippen LogP contribution in [0.25, 0.3) is 0 Å². The lowest BCUT2D eigenvalue weighted by Crippen LogP contribution is -2.44. The van der Waals surface area contributed by atoms with E-state index in [4.69, 9.17) is 11.5 Å². The SMILES string of the molecule is CC(NC(C)(C)CN=C(N)N)c1ccccc1. The van der Waals surface area contributed by atoms with Gasteiger partial charge in [-0.3, -0.25) is 4.99 Å². The van der Waals surface area contributed by atoms with Crippen LogP contribution in [0.2, 0.25) is 0 Å². The smallest absolute Gasteiger partial charge is 0.185 e. The van der Waals surface area contributed by atoms with Gasteiger partial charge in [-0.05, 0) is 26.3 Å². The van der Waals surface area contributed by atoms with Gasteiger partial charge in [-0.25, -0.2) is 0 Å². The molecule has 0 amide bonds. The van der Waals surface area contributed by atoms with Crippen molar-refractivity contribution in [2.45, 2.75) is 32.4 Å². The molecule has 0 aliphatic carbocycles. The first-order valence-corrected chi connectivity index (χ1v) is 5.79. The highest BCUT2D eigenvalue weighted by Crippen LogP contribution is 2.16. The van der Waals surface area contributed by atoms with Crippen molar-refractivity contribution in [1.82, 2.24) is 5.32 Å². The number of nitrogens with one attached hydrogen (secondary N) is 1. The summed E-state index contributed by atoms with van der Waals surface area (Å²) in [6, 6.07) is 10.6. The number of benzene rings is 1. The van der Waals surface area contributed by atoms with Gasteiger partial charge in [0.1, 0.15) is 0 Å². The highest BCUT2D eigenvalue weighted by atomic mass is 15.1. The first kappa shape index (κ1) is 13.5. The highest BCUT2D eigenvalue weighted by Gasteiger charge is 2.20. The molecule has 0 spiro atoms.